The molecule has 0 heterocycles. The lowest BCUT2D eigenvalue weighted by molar-refractivity contribution is -0.104. The zero-order valence-corrected chi connectivity index (χ0v) is 6.60. The highest BCUT2D eigenvalue weighted by atomic mass is 16.2. The van der Waals surface area contributed by atoms with E-state index in [1.54, 1.807) is 6.08 Å². The van der Waals surface area contributed by atoms with Crippen molar-refractivity contribution < 1.29 is 9.90 Å². The Balaban J connectivity index is 2.93. The maximum atomic E-state index is 10.4. The van der Waals surface area contributed by atoms with E-state index >= 15 is 0 Å². The number of carbonyl (C=O) groups is 1. The lowest BCUT2D eigenvalue weighted by atomic mass is 10.1. The monoisotopic (exact) mass is 162 g/mol. The van der Waals surface area contributed by atoms with E-state index in [0.717, 1.165) is 18.3 Å². The number of allylic oxidation sites excluding steroid dienone is 7. The largest absolute Gasteiger partial charge is 0.515 e. The zero-order valence-electron chi connectivity index (χ0n) is 6.60. The van der Waals surface area contributed by atoms with E-state index in [1.165, 1.54) is 0 Å². The maximum Gasteiger partial charge on any atom is 0.153 e. The Morgan fingerprint density at radius 1 is 1.50 bits per heavy atom. The predicted molar refractivity (Wildman–Crippen MR) is 47.8 cm³/mol. The van der Waals surface area contributed by atoms with Crippen molar-refractivity contribution in [3.63, 3.8) is 0 Å². The number of aliphatic hydroxyl groups excluding tert-OH is 1. The van der Waals surface area contributed by atoms with Gasteiger partial charge in [-0.1, -0.05) is 30.4 Å². The molecule has 1 aliphatic rings. The van der Waals surface area contributed by atoms with Crippen LogP contribution in [0.3, 0.4) is 0 Å². The number of aldehydes is 1. The van der Waals surface area contributed by atoms with Gasteiger partial charge < -0.3 is 5.11 Å². The van der Waals surface area contributed by atoms with Gasteiger partial charge in [0.05, 0.1) is 11.8 Å². The minimum atomic E-state index is 0.304. The standard InChI is InChI=1S/C10H10O2/c11-7-10(8-12)9-5-3-1-2-4-6-9/h1,3-8,11H,2H2/b10-7-. The molecule has 0 saturated heterocycles. The molecule has 0 radical (unpaired) electrons. The van der Waals surface area contributed by atoms with Gasteiger partial charge in [-0.2, -0.15) is 0 Å². The summed E-state index contributed by atoms with van der Waals surface area (Å²) in [5.41, 5.74) is 1.04. The minimum absolute atomic E-state index is 0.304. The molecule has 0 atom stereocenters. The Morgan fingerprint density at radius 2 is 2.33 bits per heavy atom. The fourth-order valence-electron chi connectivity index (χ4n) is 0.945. The first kappa shape index (κ1) is 8.53. The Bertz CT molecular complexity index is 280. The molecule has 0 aromatic carbocycles. The van der Waals surface area contributed by atoms with Gasteiger partial charge in [0, 0.05) is 0 Å². The van der Waals surface area contributed by atoms with Crippen molar-refractivity contribution in [3.05, 3.63) is 47.8 Å². The summed E-state index contributed by atoms with van der Waals surface area (Å²) in [6, 6.07) is 0. The van der Waals surface area contributed by atoms with Crippen LogP contribution in [0.5, 0.6) is 0 Å². The van der Waals surface area contributed by atoms with Gasteiger partial charge in [-0.3, -0.25) is 4.79 Å². The van der Waals surface area contributed by atoms with Crippen molar-refractivity contribution in [2.24, 2.45) is 0 Å². The second kappa shape index (κ2) is 4.34. The van der Waals surface area contributed by atoms with Crippen LogP contribution in [0.4, 0.5) is 0 Å². The average Bonchev–Trinajstić information content (AvgIpc) is 2.35. The van der Waals surface area contributed by atoms with Gasteiger partial charge in [0.25, 0.3) is 0 Å². The molecular weight excluding hydrogens is 152 g/mol. The first-order chi connectivity index (χ1) is 5.88. The lowest BCUT2D eigenvalue weighted by Crippen LogP contribution is -1.87. The molecular formula is C10H10O2. The molecule has 0 aromatic heterocycles. The zero-order chi connectivity index (χ0) is 8.81. The third-order valence-corrected chi connectivity index (χ3v) is 1.58. The van der Waals surface area contributed by atoms with Gasteiger partial charge >= 0.3 is 0 Å². The Hall–Kier alpha value is -1.57. The van der Waals surface area contributed by atoms with Crippen LogP contribution in [0, 0.1) is 0 Å². The van der Waals surface area contributed by atoms with Gasteiger partial charge in [0.1, 0.15) is 0 Å². The summed E-state index contributed by atoms with van der Waals surface area (Å²) in [6.07, 6.45) is 11.7. The molecule has 0 unspecified atom stereocenters. The van der Waals surface area contributed by atoms with Crippen molar-refractivity contribution in [2.75, 3.05) is 0 Å². The molecule has 0 saturated carbocycles. The van der Waals surface area contributed by atoms with Crippen LogP contribution in [0.2, 0.25) is 0 Å². The highest BCUT2D eigenvalue weighted by Crippen LogP contribution is 2.11. The van der Waals surface area contributed by atoms with Crippen LogP contribution in [-0.4, -0.2) is 11.4 Å². The van der Waals surface area contributed by atoms with E-state index in [9.17, 15) is 4.79 Å². The normalized spacial score (nSPS) is 17.0. The fourth-order valence-corrected chi connectivity index (χ4v) is 0.945. The van der Waals surface area contributed by atoms with Gasteiger partial charge in [0.15, 0.2) is 6.29 Å². The highest BCUT2D eigenvalue weighted by Gasteiger charge is 1.99. The van der Waals surface area contributed by atoms with Crippen molar-refractivity contribution in [3.8, 4) is 0 Å². The van der Waals surface area contributed by atoms with Crippen LogP contribution in [-0.2, 0) is 4.79 Å². The average molecular weight is 162 g/mol. The van der Waals surface area contributed by atoms with E-state index in [1.807, 2.05) is 24.3 Å². The molecule has 0 aliphatic heterocycles. The SMILES string of the molecule is O=C/C(=C/O)C1=CC=CCC=C1. The lowest BCUT2D eigenvalue weighted by Gasteiger charge is -1.95. The maximum absolute atomic E-state index is 10.4. The molecule has 1 rings (SSSR count). The van der Waals surface area contributed by atoms with E-state index in [-0.39, 0.29) is 0 Å². The summed E-state index contributed by atoms with van der Waals surface area (Å²) in [4.78, 5) is 10.4. The Labute approximate surface area is 71.2 Å². The molecule has 0 aromatic rings. The molecule has 2 heteroatoms. The van der Waals surface area contributed by atoms with E-state index < -0.39 is 0 Å². The Morgan fingerprint density at radius 3 is 3.00 bits per heavy atom. The van der Waals surface area contributed by atoms with E-state index in [4.69, 9.17) is 5.11 Å². The molecule has 12 heavy (non-hydrogen) atoms. The number of aliphatic hydroxyl groups is 1. The van der Waals surface area contributed by atoms with Gasteiger partial charge in [-0.05, 0) is 12.0 Å². The summed E-state index contributed by atoms with van der Waals surface area (Å²) in [7, 11) is 0. The Kier molecular flexibility index (Phi) is 3.08. The minimum Gasteiger partial charge on any atom is -0.515 e. The van der Waals surface area contributed by atoms with E-state index in [0.29, 0.717) is 11.9 Å². The first-order valence-electron chi connectivity index (χ1n) is 3.72. The molecule has 0 spiro atoms. The third-order valence-electron chi connectivity index (χ3n) is 1.58. The second-order valence-corrected chi connectivity index (χ2v) is 2.39. The fraction of sp³-hybridized carbons (Fsp3) is 0.100. The molecule has 62 valence electrons. The van der Waals surface area contributed by atoms with Crippen LogP contribution in [0.15, 0.2) is 47.8 Å². The molecule has 0 amide bonds. The van der Waals surface area contributed by atoms with Gasteiger partial charge in [-0.25, -0.2) is 0 Å². The predicted octanol–water partition coefficient (Wildman–Crippen LogP) is 2.07. The highest BCUT2D eigenvalue weighted by molar-refractivity contribution is 5.81. The van der Waals surface area contributed by atoms with Crippen LogP contribution >= 0.6 is 0 Å². The van der Waals surface area contributed by atoms with Crippen molar-refractivity contribution in [1.82, 2.24) is 0 Å². The van der Waals surface area contributed by atoms with Crippen molar-refractivity contribution in [2.45, 2.75) is 6.42 Å². The van der Waals surface area contributed by atoms with Gasteiger partial charge in [-0.15, -0.1) is 0 Å². The number of carbonyl (C=O) groups excluding carboxylic acids is 1. The van der Waals surface area contributed by atoms with Gasteiger partial charge in [0.2, 0.25) is 0 Å². The summed E-state index contributed by atoms with van der Waals surface area (Å²) < 4.78 is 0. The summed E-state index contributed by atoms with van der Waals surface area (Å²) in [5.74, 6) is 0. The van der Waals surface area contributed by atoms with Crippen molar-refractivity contribution >= 4 is 6.29 Å². The van der Waals surface area contributed by atoms with Crippen LogP contribution in [0.1, 0.15) is 6.42 Å². The number of hydrogen-bond donors (Lipinski definition) is 1. The smallest absolute Gasteiger partial charge is 0.153 e. The molecule has 0 fully saturated rings. The molecule has 1 N–H and O–H groups in total. The third kappa shape index (κ3) is 1.95. The van der Waals surface area contributed by atoms with Crippen molar-refractivity contribution in [1.29, 1.82) is 0 Å². The second-order valence-electron chi connectivity index (χ2n) is 2.39. The molecule has 2 nitrogen and oxygen atoms in total. The number of hydrogen-bond acceptors (Lipinski definition) is 2. The first-order valence-corrected chi connectivity index (χ1v) is 3.72. The quantitative estimate of drug-likeness (QED) is 0.383. The molecule has 0 bridgehead atoms. The summed E-state index contributed by atoms with van der Waals surface area (Å²) >= 11 is 0. The van der Waals surface area contributed by atoms with E-state index in [2.05, 4.69) is 0 Å². The summed E-state index contributed by atoms with van der Waals surface area (Å²) in [5, 5.41) is 8.68. The number of rotatable bonds is 2. The topological polar surface area (TPSA) is 37.3 Å². The van der Waals surface area contributed by atoms with Crippen LogP contribution < -0.4 is 0 Å². The molecule has 1 aliphatic carbocycles. The summed E-state index contributed by atoms with van der Waals surface area (Å²) in [6.45, 7) is 0. The van der Waals surface area contributed by atoms with Crippen LogP contribution in [0.25, 0.3) is 0 Å².